The van der Waals surface area contributed by atoms with Crippen LogP contribution in [-0.4, -0.2) is 37.3 Å². The summed E-state index contributed by atoms with van der Waals surface area (Å²) in [4.78, 5) is 14.9. The number of anilines is 2. The van der Waals surface area contributed by atoms with E-state index in [1.165, 1.54) is 12.1 Å². The molecule has 5 rings (SSSR count). The lowest BCUT2D eigenvalue weighted by atomic mass is 9.96. The van der Waals surface area contributed by atoms with Gasteiger partial charge in [-0.1, -0.05) is 35.9 Å². The van der Waals surface area contributed by atoms with Crippen LogP contribution < -0.4 is 10.2 Å². The van der Waals surface area contributed by atoms with Crippen molar-refractivity contribution in [3.05, 3.63) is 82.4 Å². The van der Waals surface area contributed by atoms with Gasteiger partial charge in [0.1, 0.15) is 5.76 Å². The van der Waals surface area contributed by atoms with E-state index in [1.807, 2.05) is 24.3 Å². The molecule has 9 heteroatoms. The lowest BCUT2D eigenvalue weighted by Crippen LogP contribution is -2.36. The minimum atomic E-state index is -4.58. The fraction of sp³-hybridized carbons (Fsp3) is 0.192. The molecular formula is C26H20ClF3N2O3. The number of ether oxygens (including phenoxy) is 1. The SMILES string of the molecule is O=C1Nc2cc(Cl)c(-c3ccc(N4CCOCC4)cc3)cc2/C1=C(\O)c1cccc(C(F)(F)F)c1. The van der Waals surface area contributed by atoms with Crippen molar-refractivity contribution in [1.29, 1.82) is 0 Å². The van der Waals surface area contributed by atoms with Gasteiger partial charge in [-0.25, -0.2) is 0 Å². The number of nitrogens with zero attached hydrogens (tertiary/aromatic N) is 1. The van der Waals surface area contributed by atoms with Gasteiger partial charge in [-0.05, 0) is 42.0 Å². The van der Waals surface area contributed by atoms with Crippen molar-refractivity contribution in [3.8, 4) is 11.1 Å². The third-order valence-corrected chi connectivity index (χ3v) is 6.42. The number of aliphatic hydroxyl groups excluding tert-OH is 1. The highest BCUT2D eigenvalue weighted by Gasteiger charge is 2.33. The maximum absolute atomic E-state index is 13.2. The third-order valence-electron chi connectivity index (χ3n) is 6.11. The summed E-state index contributed by atoms with van der Waals surface area (Å²) in [6, 6.07) is 15.3. The molecule has 0 saturated carbocycles. The summed E-state index contributed by atoms with van der Waals surface area (Å²) in [6.07, 6.45) is -4.58. The first-order chi connectivity index (χ1) is 16.7. The first-order valence-corrected chi connectivity index (χ1v) is 11.3. The number of halogens is 4. The molecule has 0 spiro atoms. The fourth-order valence-electron chi connectivity index (χ4n) is 4.31. The number of hydrogen-bond donors (Lipinski definition) is 2. The van der Waals surface area contributed by atoms with E-state index in [-0.39, 0.29) is 11.1 Å². The predicted octanol–water partition coefficient (Wildman–Crippen LogP) is 6.24. The molecule has 2 aliphatic heterocycles. The average Bonchev–Trinajstić information content (AvgIpc) is 3.17. The topological polar surface area (TPSA) is 61.8 Å². The van der Waals surface area contributed by atoms with Crippen molar-refractivity contribution in [2.24, 2.45) is 0 Å². The van der Waals surface area contributed by atoms with Crippen LogP contribution in [0.25, 0.3) is 22.5 Å². The Morgan fingerprint density at radius 1 is 1.00 bits per heavy atom. The Labute approximate surface area is 204 Å². The van der Waals surface area contributed by atoms with Gasteiger partial charge < -0.3 is 20.1 Å². The smallest absolute Gasteiger partial charge is 0.416 e. The Balaban J connectivity index is 1.54. The molecule has 2 N–H and O–H groups in total. The maximum atomic E-state index is 13.2. The van der Waals surface area contributed by atoms with E-state index >= 15 is 0 Å². The molecule has 5 nitrogen and oxygen atoms in total. The summed E-state index contributed by atoms with van der Waals surface area (Å²) < 4.78 is 44.9. The standard InChI is InChI=1S/C26H20ClF3N2O3/c27-21-14-22-20(13-19(21)15-4-6-18(7-5-15)32-8-10-35-11-9-32)23(25(34)31-22)24(33)16-2-1-3-17(12-16)26(28,29)30/h1-7,12-14,33H,8-11H2,(H,31,34)/b24-23+. The molecule has 2 aliphatic rings. The van der Waals surface area contributed by atoms with Gasteiger partial charge in [0.15, 0.2) is 0 Å². The van der Waals surface area contributed by atoms with Crippen LogP contribution >= 0.6 is 11.6 Å². The largest absolute Gasteiger partial charge is 0.506 e. The van der Waals surface area contributed by atoms with E-state index in [4.69, 9.17) is 16.3 Å². The molecule has 3 aromatic rings. The quantitative estimate of drug-likeness (QED) is 0.330. The summed E-state index contributed by atoms with van der Waals surface area (Å²) in [5, 5.41) is 13.9. The normalized spacial score (nSPS) is 17.3. The van der Waals surface area contributed by atoms with Crippen LogP contribution in [0.5, 0.6) is 0 Å². The van der Waals surface area contributed by atoms with Gasteiger partial charge in [0.05, 0.1) is 35.1 Å². The van der Waals surface area contributed by atoms with E-state index in [2.05, 4.69) is 10.2 Å². The summed E-state index contributed by atoms with van der Waals surface area (Å²) in [7, 11) is 0. The highest BCUT2D eigenvalue weighted by molar-refractivity contribution is 6.38. The molecule has 1 amide bonds. The lowest BCUT2D eigenvalue weighted by Gasteiger charge is -2.29. The molecule has 0 aromatic heterocycles. The first-order valence-electron chi connectivity index (χ1n) is 10.9. The van der Waals surface area contributed by atoms with Crippen LogP contribution in [0, 0.1) is 0 Å². The maximum Gasteiger partial charge on any atom is 0.416 e. The average molecular weight is 501 g/mol. The Hall–Kier alpha value is -3.49. The molecule has 0 bridgehead atoms. The highest BCUT2D eigenvalue weighted by atomic mass is 35.5. The molecule has 1 saturated heterocycles. The monoisotopic (exact) mass is 500 g/mol. The molecule has 1 fully saturated rings. The molecule has 180 valence electrons. The second-order valence-electron chi connectivity index (χ2n) is 8.28. The van der Waals surface area contributed by atoms with Crippen LogP contribution in [-0.2, 0) is 15.7 Å². The van der Waals surface area contributed by atoms with Crippen LogP contribution in [0.2, 0.25) is 5.02 Å². The van der Waals surface area contributed by atoms with Crippen molar-refractivity contribution in [1.82, 2.24) is 0 Å². The van der Waals surface area contributed by atoms with E-state index in [1.54, 1.807) is 12.1 Å². The zero-order valence-electron chi connectivity index (χ0n) is 18.3. The first kappa shape index (κ1) is 23.3. The van der Waals surface area contributed by atoms with Crippen molar-refractivity contribution in [3.63, 3.8) is 0 Å². The van der Waals surface area contributed by atoms with Crippen LogP contribution in [0.1, 0.15) is 16.7 Å². The van der Waals surface area contributed by atoms with Crippen LogP contribution in [0.3, 0.4) is 0 Å². The number of fused-ring (bicyclic) bond motifs is 1. The van der Waals surface area contributed by atoms with Gasteiger partial charge in [-0.3, -0.25) is 4.79 Å². The molecule has 35 heavy (non-hydrogen) atoms. The Morgan fingerprint density at radius 2 is 1.71 bits per heavy atom. The van der Waals surface area contributed by atoms with Crippen LogP contribution in [0.15, 0.2) is 60.7 Å². The number of carbonyl (C=O) groups is 1. The second-order valence-corrected chi connectivity index (χ2v) is 8.69. The molecule has 0 aliphatic carbocycles. The van der Waals surface area contributed by atoms with Crippen molar-refractivity contribution in [2.75, 3.05) is 36.5 Å². The number of nitrogens with one attached hydrogen (secondary N) is 1. The molecule has 0 atom stereocenters. The second kappa shape index (κ2) is 8.94. The van der Waals surface area contributed by atoms with Gasteiger partial charge in [-0.15, -0.1) is 0 Å². The Bertz CT molecular complexity index is 1330. The number of rotatable bonds is 3. The lowest BCUT2D eigenvalue weighted by molar-refractivity contribution is -0.137. The summed E-state index contributed by atoms with van der Waals surface area (Å²) in [6.45, 7) is 2.94. The molecular weight excluding hydrogens is 481 g/mol. The summed E-state index contributed by atoms with van der Waals surface area (Å²) >= 11 is 6.51. The number of hydrogen-bond acceptors (Lipinski definition) is 4. The molecule has 0 radical (unpaired) electrons. The predicted molar refractivity (Wildman–Crippen MR) is 129 cm³/mol. The third kappa shape index (κ3) is 4.47. The van der Waals surface area contributed by atoms with Gasteiger partial charge in [0, 0.05) is 35.5 Å². The zero-order valence-corrected chi connectivity index (χ0v) is 19.1. The number of amides is 1. The Kier molecular flexibility index (Phi) is 5.94. The van der Waals surface area contributed by atoms with Gasteiger partial charge in [0.25, 0.3) is 5.91 Å². The summed E-state index contributed by atoms with van der Waals surface area (Å²) in [5.74, 6) is -1.16. The molecule has 3 aromatic carbocycles. The van der Waals surface area contributed by atoms with E-state index < -0.39 is 23.4 Å². The Morgan fingerprint density at radius 3 is 2.40 bits per heavy atom. The van der Waals surface area contributed by atoms with E-state index in [9.17, 15) is 23.1 Å². The number of alkyl halides is 3. The number of benzene rings is 3. The number of morpholine rings is 1. The minimum Gasteiger partial charge on any atom is -0.506 e. The van der Waals surface area contributed by atoms with Crippen molar-refractivity contribution < 1.29 is 27.8 Å². The van der Waals surface area contributed by atoms with Crippen molar-refractivity contribution >= 4 is 40.2 Å². The van der Waals surface area contributed by atoms with E-state index in [0.29, 0.717) is 35.1 Å². The summed E-state index contributed by atoms with van der Waals surface area (Å²) in [5.41, 5.74) is 2.08. The fourth-order valence-corrected chi connectivity index (χ4v) is 4.58. The van der Waals surface area contributed by atoms with Gasteiger partial charge >= 0.3 is 6.18 Å². The van der Waals surface area contributed by atoms with E-state index in [0.717, 1.165) is 36.5 Å². The minimum absolute atomic E-state index is 0.107. The zero-order chi connectivity index (χ0) is 24.7. The van der Waals surface area contributed by atoms with Gasteiger partial charge in [-0.2, -0.15) is 13.2 Å². The van der Waals surface area contributed by atoms with Gasteiger partial charge in [0.2, 0.25) is 0 Å². The number of aliphatic hydroxyl groups is 1. The van der Waals surface area contributed by atoms with Crippen LogP contribution in [0.4, 0.5) is 24.5 Å². The molecule has 2 heterocycles. The van der Waals surface area contributed by atoms with Crippen molar-refractivity contribution in [2.45, 2.75) is 6.18 Å². The number of carbonyl (C=O) groups excluding carboxylic acids is 1. The molecule has 0 unspecified atom stereocenters. The highest BCUT2D eigenvalue weighted by Crippen LogP contribution is 2.42.